The summed E-state index contributed by atoms with van der Waals surface area (Å²) in [6.07, 6.45) is 3.43. The molecule has 2 aliphatic rings. The van der Waals surface area contributed by atoms with Crippen molar-refractivity contribution in [1.82, 2.24) is 4.90 Å². The third kappa shape index (κ3) is 4.22. The van der Waals surface area contributed by atoms with Crippen molar-refractivity contribution >= 4 is 34.9 Å². The molecule has 1 atom stereocenters. The number of ether oxygens (including phenoxy) is 1. The number of aromatic hydroxyl groups is 1. The molecule has 1 N–H and O–H groups in total. The Morgan fingerprint density at radius 1 is 1.44 bits per heavy atom. The molecule has 132 valence electrons. The highest BCUT2D eigenvalue weighted by Gasteiger charge is 2.32. The SMILES string of the molecule is CCOC(=O)C1CCCN(C2=NC(=O)C(=Cc3ccc(O)cc3)S2)C1. The van der Waals surface area contributed by atoms with Crippen LogP contribution < -0.4 is 0 Å². The molecule has 1 aromatic carbocycles. The molecule has 1 unspecified atom stereocenters. The molecule has 0 saturated carbocycles. The van der Waals surface area contributed by atoms with E-state index in [2.05, 4.69) is 4.99 Å². The molecule has 1 saturated heterocycles. The molecule has 7 heteroatoms. The molecule has 6 nitrogen and oxygen atoms in total. The first-order valence-corrected chi connectivity index (χ1v) is 9.11. The number of esters is 1. The van der Waals surface area contributed by atoms with E-state index in [1.807, 2.05) is 4.90 Å². The minimum absolute atomic E-state index is 0.169. The first kappa shape index (κ1) is 17.5. The number of likely N-dealkylation sites (tertiary alicyclic amines) is 1. The molecule has 0 aliphatic carbocycles. The number of thioether (sulfide) groups is 1. The van der Waals surface area contributed by atoms with Crippen molar-refractivity contribution < 1.29 is 19.4 Å². The quantitative estimate of drug-likeness (QED) is 0.659. The van der Waals surface area contributed by atoms with Gasteiger partial charge < -0.3 is 14.7 Å². The van der Waals surface area contributed by atoms with Gasteiger partial charge in [0.2, 0.25) is 0 Å². The molecule has 1 aromatic rings. The molecule has 25 heavy (non-hydrogen) atoms. The molecular formula is C18H20N2O4S. The Morgan fingerprint density at radius 2 is 2.20 bits per heavy atom. The van der Waals surface area contributed by atoms with Crippen molar-refractivity contribution in [3.63, 3.8) is 0 Å². The summed E-state index contributed by atoms with van der Waals surface area (Å²) in [6, 6.07) is 6.64. The zero-order valence-electron chi connectivity index (χ0n) is 14.0. The van der Waals surface area contributed by atoms with E-state index < -0.39 is 0 Å². The molecule has 2 aliphatic heterocycles. The van der Waals surface area contributed by atoms with Crippen molar-refractivity contribution in [1.29, 1.82) is 0 Å². The van der Waals surface area contributed by atoms with Crippen molar-refractivity contribution in [2.75, 3.05) is 19.7 Å². The predicted octanol–water partition coefficient (Wildman–Crippen LogP) is 2.64. The normalized spacial score (nSPS) is 22.2. The van der Waals surface area contributed by atoms with Crippen molar-refractivity contribution in [3.05, 3.63) is 34.7 Å². The summed E-state index contributed by atoms with van der Waals surface area (Å²) in [5.74, 6) is -0.437. The zero-order valence-corrected chi connectivity index (χ0v) is 14.8. The van der Waals surface area contributed by atoms with Crippen LogP contribution in [-0.4, -0.2) is 46.7 Å². The largest absolute Gasteiger partial charge is 0.508 e. The van der Waals surface area contributed by atoms with Crippen LogP contribution in [0.5, 0.6) is 5.75 Å². The van der Waals surface area contributed by atoms with Gasteiger partial charge in [-0.25, -0.2) is 0 Å². The lowest BCUT2D eigenvalue weighted by molar-refractivity contribution is -0.149. The summed E-state index contributed by atoms with van der Waals surface area (Å²) < 4.78 is 5.11. The lowest BCUT2D eigenvalue weighted by Crippen LogP contribution is -2.41. The summed E-state index contributed by atoms with van der Waals surface area (Å²) in [5.41, 5.74) is 0.827. The van der Waals surface area contributed by atoms with Gasteiger partial charge in [-0.15, -0.1) is 0 Å². The predicted molar refractivity (Wildman–Crippen MR) is 97.0 cm³/mol. The maximum Gasteiger partial charge on any atom is 0.310 e. The van der Waals surface area contributed by atoms with E-state index in [-0.39, 0.29) is 23.5 Å². The van der Waals surface area contributed by atoms with Crippen LogP contribution in [0.15, 0.2) is 34.2 Å². The molecular weight excluding hydrogens is 340 g/mol. The van der Waals surface area contributed by atoms with Crippen molar-refractivity contribution in [2.45, 2.75) is 19.8 Å². The van der Waals surface area contributed by atoms with E-state index in [9.17, 15) is 14.7 Å². The van der Waals surface area contributed by atoms with Crippen LogP contribution in [0.4, 0.5) is 0 Å². The number of hydrogen-bond donors (Lipinski definition) is 1. The van der Waals surface area contributed by atoms with Gasteiger partial charge in [0.15, 0.2) is 5.17 Å². The first-order chi connectivity index (χ1) is 12.1. The van der Waals surface area contributed by atoms with Crippen LogP contribution in [0.3, 0.4) is 0 Å². The standard InChI is InChI=1S/C18H20N2O4S/c1-2-24-17(23)13-4-3-9-20(11-13)18-19-16(22)15(25-18)10-12-5-7-14(21)8-6-12/h5-8,10,13,21H,2-4,9,11H2,1H3. The lowest BCUT2D eigenvalue weighted by Gasteiger charge is -2.32. The highest BCUT2D eigenvalue weighted by Crippen LogP contribution is 2.32. The van der Waals surface area contributed by atoms with Crippen molar-refractivity contribution in [2.24, 2.45) is 10.9 Å². The Morgan fingerprint density at radius 3 is 2.92 bits per heavy atom. The zero-order chi connectivity index (χ0) is 17.8. The average Bonchev–Trinajstić information content (AvgIpc) is 2.98. The van der Waals surface area contributed by atoms with Gasteiger partial charge in [0.1, 0.15) is 5.75 Å². The van der Waals surface area contributed by atoms with E-state index >= 15 is 0 Å². The molecule has 1 fully saturated rings. The Balaban J connectivity index is 1.68. The van der Waals surface area contributed by atoms with Gasteiger partial charge in [0, 0.05) is 13.1 Å². The number of amidine groups is 1. The fourth-order valence-corrected chi connectivity index (χ4v) is 3.81. The fraction of sp³-hybridized carbons (Fsp3) is 0.389. The second-order valence-electron chi connectivity index (χ2n) is 5.94. The van der Waals surface area contributed by atoms with Crippen LogP contribution in [-0.2, 0) is 14.3 Å². The Labute approximate surface area is 150 Å². The van der Waals surface area contributed by atoms with E-state index in [4.69, 9.17) is 4.74 Å². The first-order valence-electron chi connectivity index (χ1n) is 8.30. The molecule has 0 radical (unpaired) electrons. The maximum atomic E-state index is 12.2. The average molecular weight is 360 g/mol. The number of piperidine rings is 1. The highest BCUT2D eigenvalue weighted by atomic mass is 32.2. The van der Waals surface area contributed by atoms with Crippen LogP contribution in [0.25, 0.3) is 6.08 Å². The summed E-state index contributed by atoms with van der Waals surface area (Å²) in [6.45, 7) is 3.49. The number of phenolic OH excluding ortho intramolecular Hbond substituents is 1. The minimum Gasteiger partial charge on any atom is -0.508 e. The number of carbonyl (C=O) groups is 2. The van der Waals surface area contributed by atoms with Gasteiger partial charge in [0.05, 0.1) is 17.4 Å². The minimum atomic E-state index is -0.272. The van der Waals surface area contributed by atoms with E-state index in [0.717, 1.165) is 24.9 Å². The van der Waals surface area contributed by atoms with Crippen molar-refractivity contribution in [3.8, 4) is 5.75 Å². The van der Waals surface area contributed by atoms with Gasteiger partial charge in [-0.1, -0.05) is 12.1 Å². The monoisotopic (exact) mass is 360 g/mol. The molecule has 3 rings (SSSR count). The topological polar surface area (TPSA) is 79.2 Å². The third-order valence-electron chi connectivity index (χ3n) is 4.11. The summed E-state index contributed by atoms with van der Waals surface area (Å²) in [5, 5.41) is 9.97. The van der Waals surface area contributed by atoms with E-state index in [0.29, 0.717) is 23.2 Å². The van der Waals surface area contributed by atoms with Gasteiger partial charge >= 0.3 is 5.97 Å². The Hall–Kier alpha value is -2.28. The number of benzene rings is 1. The smallest absolute Gasteiger partial charge is 0.310 e. The fourth-order valence-electron chi connectivity index (χ4n) is 2.86. The van der Waals surface area contributed by atoms with Crippen LogP contribution in [0.1, 0.15) is 25.3 Å². The molecule has 1 amide bonds. The maximum absolute atomic E-state index is 12.2. The van der Waals surface area contributed by atoms with Crippen LogP contribution >= 0.6 is 11.8 Å². The number of phenols is 1. The van der Waals surface area contributed by atoms with E-state index in [1.54, 1.807) is 37.3 Å². The number of nitrogens with zero attached hydrogens (tertiary/aromatic N) is 2. The Kier molecular flexibility index (Phi) is 5.43. The number of hydrogen-bond acceptors (Lipinski definition) is 6. The lowest BCUT2D eigenvalue weighted by atomic mass is 9.99. The molecule has 0 bridgehead atoms. The summed E-state index contributed by atoms with van der Waals surface area (Å²) >= 11 is 1.32. The third-order valence-corrected chi connectivity index (χ3v) is 5.16. The number of amides is 1. The van der Waals surface area contributed by atoms with Crippen LogP contribution in [0.2, 0.25) is 0 Å². The van der Waals surface area contributed by atoms with Gasteiger partial charge in [-0.05, 0) is 55.3 Å². The number of carbonyl (C=O) groups excluding carboxylic acids is 2. The second-order valence-corrected chi connectivity index (χ2v) is 6.95. The molecule has 0 aromatic heterocycles. The number of aliphatic imine (C=N–C) groups is 1. The second kappa shape index (κ2) is 7.74. The highest BCUT2D eigenvalue weighted by molar-refractivity contribution is 8.18. The summed E-state index contributed by atoms with van der Waals surface area (Å²) in [7, 11) is 0. The van der Waals surface area contributed by atoms with Crippen LogP contribution in [0, 0.1) is 5.92 Å². The number of rotatable bonds is 3. The van der Waals surface area contributed by atoms with E-state index in [1.165, 1.54) is 11.8 Å². The van der Waals surface area contributed by atoms with Gasteiger partial charge in [-0.3, -0.25) is 9.59 Å². The summed E-state index contributed by atoms with van der Waals surface area (Å²) in [4.78, 5) is 30.8. The molecule has 2 heterocycles. The Bertz CT molecular complexity index is 727. The van der Waals surface area contributed by atoms with Gasteiger partial charge in [-0.2, -0.15) is 4.99 Å². The van der Waals surface area contributed by atoms with Gasteiger partial charge in [0.25, 0.3) is 5.91 Å². The molecule has 0 spiro atoms.